The number of carbonyl (C=O) groups is 1. The van der Waals surface area contributed by atoms with Gasteiger partial charge >= 0.3 is 0 Å². The number of pyridine rings is 1. The van der Waals surface area contributed by atoms with Crippen molar-refractivity contribution in [2.24, 2.45) is 5.73 Å². The molecule has 0 aliphatic carbocycles. The van der Waals surface area contributed by atoms with Gasteiger partial charge in [-0.05, 0) is 42.3 Å². The zero-order valence-corrected chi connectivity index (χ0v) is 11.9. The number of nitrogens with zero attached hydrogens (tertiary/aromatic N) is 1. The van der Waals surface area contributed by atoms with Crippen LogP contribution in [0.5, 0.6) is 0 Å². The van der Waals surface area contributed by atoms with Crippen LogP contribution in [0, 0.1) is 18.8 Å². The molecule has 0 fully saturated rings. The molecule has 0 radical (unpaired) electrons. The van der Waals surface area contributed by atoms with Gasteiger partial charge < -0.3 is 11.1 Å². The van der Waals surface area contributed by atoms with Crippen LogP contribution in [0.4, 0.5) is 0 Å². The summed E-state index contributed by atoms with van der Waals surface area (Å²) in [5.41, 5.74) is 8.82. The van der Waals surface area contributed by atoms with Gasteiger partial charge in [0.05, 0.1) is 6.54 Å². The predicted molar refractivity (Wildman–Crippen MR) is 82.5 cm³/mol. The highest BCUT2D eigenvalue weighted by Gasteiger charge is 2.06. The number of amides is 1. The van der Waals surface area contributed by atoms with E-state index in [0.717, 1.165) is 16.7 Å². The lowest BCUT2D eigenvalue weighted by Gasteiger charge is -2.07. The van der Waals surface area contributed by atoms with Gasteiger partial charge in [-0.15, -0.1) is 0 Å². The van der Waals surface area contributed by atoms with Gasteiger partial charge in [-0.2, -0.15) is 0 Å². The maximum Gasteiger partial charge on any atom is 0.251 e. The molecular weight excluding hydrogens is 262 g/mol. The fourth-order valence-corrected chi connectivity index (χ4v) is 1.85. The Morgan fingerprint density at radius 1 is 1.38 bits per heavy atom. The molecule has 0 bridgehead atoms. The first-order valence-electron chi connectivity index (χ1n) is 6.67. The van der Waals surface area contributed by atoms with Crippen LogP contribution in [0.1, 0.15) is 27.0 Å². The van der Waals surface area contributed by atoms with Crippen LogP contribution in [-0.2, 0) is 6.54 Å². The zero-order chi connectivity index (χ0) is 15.1. The Balaban J connectivity index is 2.05. The summed E-state index contributed by atoms with van der Waals surface area (Å²) in [7, 11) is 0. The summed E-state index contributed by atoms with van der Waals surface area (Å²) in [6.45, 7) is 2.75. The van der Waals surface area contributed by atoms with Crippen LogP contribution >= 0.6 is 0 Å². The van der Waals surface area contributed by atoms with Gasteiger partial charge in [0, 0.05) is 30.1 Å². The minimum Gasteiger partial charge on any atom is -0.348 e. The number of nitrogens with one attached hydrogen (secondary N) is 1. The van der Waals surface area contributed by atoms with E-state index in [1.54, 1.807) is 24.5 Å². The van der Waals surface area contributed by atoms with Gasteiger partial charge in [0.25, 0.3) is 5.91 Å². The number of benzene rings is 1. The van der Waals surface area contributed by atoms with Crippen LogP contribution in [0.15, 0.2) is 42.7 Å². The lowest BCUT2D eigenvalue weighted by molar-refractivity contribution is 0.0951. The molecule has 1 aromatic heterocycles. The van der Waals surface area contributed by atoms with E-state index in [0.29, 0.717) is 18.7 Å². The lowest BCUT2D eigenvalue weighted by Crippen LogP contribution is -2.23. The molecule has 4 nitrogen and oxygen atoms in total. The fraction of sp³-hybridized carbons (Fsp3) is 0.176. The van der Waals surface area contributed by atoms with Crippen molar-refractivity contribution in [1.82, 2.24) is 10.3 Å². The number of aryl methyl sites for hydroxylation is 1. The largest absolute Gasteiger partial charge is 0.348 e. The SMILES string of the molecule is Cc1ccncc1CNC(=O)c1cccc(C#CCN)c1. The second kappa shape index (κ2) is 7.22. The van der Waals surface area contributed by atoms with Crippen molar-refractivity contribution in [2.45, 2.75) is 13.5 Å². The quantitative estimate of drug-likeness (QED) is 0.839. The van der Waals surface area contributed by atoms with Crippen molar-refractivity contribution in [2.75, 3.05) is 6.54 Å². The Hall–Kier alpha value is -2.64. The Labute approximate surface area is 124 Å². The molecule has 4 heteroatoms. The Bertz CT molecular complexity index is 698. The number of carbonyl (C=O) groups excluding carboxylic acids is 1. The Morgan fingerprint density at radius 2 is 2.24 bits per heavy atom. The highest BCUT2D eigenvalue weighted by Crippen LogP contribution is 2.07. The average Bonchev–Trinajstić information content (AvgIpc) is 2.52. The highest BCUT2D eigenvalue weighted by molar-refractivity contribution is 5.94. The molecule has 0 aliphatic rings. The minimum absolute atomic E-state index is 0.130. The monoisotopic (exact) mass is 279 g/mol. The molecule has 106 valence electrons. The number of rotatable bonds is 3. The van der Waals surface area contributed by atoms with Crippen molar-refractivity contribution in [1.29, 1.82) is 0 Å². The van der Waals surface area contributed by atoms with Crippen LogP contribution < -0.4 is 11.1 Å². The van der Waals surface area contributed by atoms with Crippen LogP contribution in [0.3, 0.4) is 0 Å². The fourth-order valence-electron chi connectivity index (χ4n) is 1.85. The first-order chi connectivity index (χ1) is 10.2. The molecule has 1 aromatic carbocycles. The van der Waals surface area contributed by atoms with Gasteiger partial charge in [-0.3, -0.25) is 9.78 Å². The first-order valence-corrected chi connectivity index (χ1v) is 6.67. The lowest BCUT2D eigenvalue weighted by atomic mass is 10.1. The van der Waals surface area contributed by atoms with Crippen LogP contribution in [-0.4, -0.2) is 17.4 Å². The Morgan fingerprint density at radius 3 is 3.00 bits per heavy atom. The van der Waals surface area contributed by atoms with E-state index >= 15 is 0 Å². The van der Waals surface area contributed by atoms with Gasteiger partial charge in [0.2, 0.25) is 0 Å². The summed E-state index contributed by atoms with van der Waals surface area (Å²) in [5, 5.41) is 2.89. The van der Waals surface area contributed by atoms with Crippen molar-refractivity contribution in [3.8, 4) is 11.8 Å². The van der Waals surface area contributed by atoms with Gasteiger partial charge in [-0.1, -0.05) is 17.9 Å². The maximum absolute atomic E-state index is 12.2. The smallest absolute Gasteiger partial charge is 0.251 e. The van der Waals surface area contributed by atoms with E-state index in [2.05, 4.69) is 22.1 Å². The van der Waals surface area contributed by atoms with Crippen molar-refractivity contribution in [3.63, 3.8) is 0 Å². The molecule has 0 spiro atoms. The molecule has 0 aliphatic heterocycles. The summed E-state index contributed by atoms with van der Waals surface area (Å²) < 4.78 is 0. The van der Waals surface area contributed by atoms with Gasteiger partial charge in [-0.25, -0.2) is 0 Å². The van der Waals surface area contributed by atoms with E-state index in [4.69, 9.17) is 5.73 Å². The van der Waals surface area contributed by atoms with E-state index in [-0.39, 0.29) is 5.91 Å². The van der Waals surface area contributed by atoms with Crippen LogP contribution in [0.25, 0.3) is 0 Å². The summed E-state index contributed by atoms with van der Waals surface area (Å²) >= 11 is 0. The summed E-state index contributed by atoms with van der Waals surface area (Å²) in [6.07, 6.45) is 3.50. The van der Waals surface area contributed by atoms with Crippen LogP contribution in [0.2, 0.25) is 0 Å². The number of hydrogen-bond acceptors (Lipinski definition) is 3. The zero-order valence-electron chi connectivity index (χ0n) is 11.9. The maximum atomic E-state index is 12.2. The second-order valence-electron chi connectivity index (χ2n) is 4.57. The molecule has 0 saturated heterocycles. The molecule has 0 unspecified atom stereocenters. The molecular formula is C17H17N3O. The third kappa shape index (κ3) is 4.16. The minimum atomic E-state index is -0.130. The average molecular weight is 279 g/mol. The number of nitrogens with two attached hydrogens (primary N) is 1. The van der Waals surface area contributed by atoms with E-state index in [9.17, 15) is 4.79 Å². The molecule has 21 heavy (non-hydrogen) atoms. The number of hydrogen-bond donors (Lipinski definition) is 2. The normalized spacial score (nSPS) is 9.62. The standard InChI is InChI=1S/C17H17N3O/c1-13-7-9-19-11-16(13)12-20-17(21)15-6-2-4-14(10-15)5-3-8-18/h2,4,6-7,9-11H,8,12,18H2,1H3,(H,20,21). The molecule has 3 N–H and O–H groups in total. The van der Waals surface area contributed by atoms with E-state index in [1.165, 1.54) is 0 Å². The van der Waals surface area contributed by atoms with Crippen molar-refractivity contribution in [3.05, 3.63) is 65.0 Å². The topological polar surface area (TPSA) is 68.0 Å². The molecule has 1 heterocycles. The molecule has 2 aromatic rings. The first kappa shape index (κ1) is 14.8. The van der Waals surface area contributed by atoms with Gasteiger partial charge in [0.1, 0.15) is 0 Å². The Kier molecular flexibility index (Phi) is 5.08. The highest BCUT2D eigenvalue weighted by atomic mass is 16.1. The van der Waals surface area contributed by atoms with E-state index < -0.39 is 0 Å². The molecule has 0 saturated carbocycles. The predicted octanol–water partition coefficient (Wildman–Crippen LogP) is 1.63. The third-order valence-corrected chi connectivity index (χ3v) is 3.05. The molecule has 2 rings (SSSR count). The summed E-state index contributed by atoms with van der Waals surface area (Å²) in [4.78, 5) is 16.2. The second-order valence-corrected chi connectivity index (χ2v) is 4.57. The molecule has 1 amide bonds. The van der Waals surface area contributed by atoms with E-state index in [1.807, 2.05) is 25.1 Å². The third-order valence-electron chi connectivity index (χ3n) is 3.05. The summed E-state index contributed by atoms with van der Waals surface area (Å²) in [6, 6.07) is 9.10. The molecule has 0 atom stereocenters. The number of aromatic nitrogens is 1. The van der Waals surface area contributed by atoms with Gasteiger partial charge in [0.15, 0.2) is 0 Å². The summed E-state index contributed by atoms with van der Waals surface area (Å²) in [5.74, 6) is 5.56. The van der Waals surface area contributed by atoms with Crippen molar-refractivity contribution < 1.29 is 4.79 Å². The van der Waals surface area contributed by atoms with Crippen molar-refractivity contribution >= 4 is 5.91 Å².